The van der Waals surface area contributed by atoms with Crippen LogP contribution in [0, 0.1) is 24.2 Å². The van der Waals surface area contributed by atoms with Crippen LogP contribution in [0.25, 0.3) is 0 Å². The number of rotatable bonds is 2. The van der Waals surface area contributed by atoms with Gasteiger partial charge in [0.25, 0.3) is 0 Å². The van der Waals surface area contributed by atoms with E-state index in [9.17, 15) is 0 Å². The van der Waals surface area contributed by atoms with Crippen LogP contribution in [0.5, 0.6) is 0 Å². The highest BCUT2D eigenvalue weighted by Gasteiger charge is 2.30. The summed E-state index contributed by atoms with van der Waals surface area (Å²) in [6, 6.07) is 0. The van der Waals surface area contributed by atoms with E-state index in [-0.39, 0.29) is 5.60 Å². The molecule has 0 N–H and O–H groups in total. The highest BCUT2D eigenvalue weighted by Crippen LogP contribution is 2.30. The van der Waals surface area contributed by atoms with Gasteiger partial charge in [0.2, 0.25) is 0 Å². The maximum absolute atomic E-state index is 5.66. The Morgan fingerprint density at radius 3 is 2.64 bits per heavy atom. The topological polar surface area (TPSA) is 9.23 Å². The number of terminal acetylenes is 1. The van der Waals surface area contributed by atoms with E-state index < -0.39 is 0 Å². The van der Waals surface area contributed by atoms with E-state index in [0.29, 0.717) is 6.61 Å². The first-order valence-electron chi connectivity index (χ1n) is 5.04. The highest BCUT2D eigenvalue weighted by atomic mass is 16.5. The Morgan fingerprint density at radius 2 is 2.07 bits per heavy atom. The van der Waals surface area contributed by atoms with E-state index in [1.807, 2.05) is 0 Å². The van der Waals surface area contributed by atoms with E-state index in [4.69, 9.17) is 11.2 Å². The van der Waals surface area contributed by atoms with E-state index >= 15 is 0 Å². The summed E-state index contributed by atoms with van der Waals surface area (Å²) in [5.74, 6) is 8.52. The maximum atomic E-state index is 5.66. The second-order valence-electron chi connectivity index (χ2n) is 3.52. The fourth-order valence-electron chi connectivity index (χ4n) is 1.79. The number of allylic oxidation sites excluding steroid dienone is 1. The Bertz CT molecular complexity index is 279. The lowest BCUT2D eigenvalue weighted by atomic mass is 9.85. The van der Waals surface area contributed by atoms with Crippen LogP contribution in [0.4, 0.5) is 0 Å². The van der Waals surface area contributed by atoms with Crippen LogP contribution in [-0.4, -0.2) is 12.2 Å². The normalized spacial score (nSPS) is 18.8. The fourth-order valence-corrected chi connectivity index (χ4v) is 1.79. The number of hydrogen-bond donors (Lipinski definition) is 0. The Kier molecular flexibility index (Phi) is 4.30. The van der Waals surface area contributed by atoms with Gasteiger partial charge in [-0.3, -0.25) is 0 Å². The molecule has 1 aliphatic carbocycles. The van der Waals surface area contributed by atoms with Gasteiger partial charge in [0.05, 0.1) is 0 Å². The molecular weight excluding hydrogens is 172 g/mol. The summed E-state index contributed by atoms with van der Waals surface area (Å²) in [5, 5.41) is 0. The lowest BCUT2D eigenvalue weighted by Crippen LogP contribution is -2.33. The largest absolute Gasteiger partial charge is 0.350 e. The molecule has 0 aromatic carbocycles. The van der Waals surface area contributed by atoms with Gasteiger partial charge in [-0.05, 0) is 31.8 Å². The standard InChI is InChI=1S/C13H16O/c1-3-5-9-13(14-12-4-2)10-7-6-8-11-13/h2-3H,1,6-8,10-12H2. The number of hydrogen-bond acceptors (Lipinski definition) is 1. The van der Waals surface area contributed by atoms with Crippen molar-refractivity contribution in [1.82, 2.24) is 0 Å². The highest BCUT2D eigenvalue weighted by molar-refractivity contribution is 5.22. The van der Waals surface area contributed by atoms with Crippen LogP contribution in [0.1, 0.15) is 32.1 Å². The van der Waals surface area contributed by atoms with Crippen LogP contribution in [0.2, 0.25) is 0 Å². The molecule has 1 heteroatoms. The average Bonchev–Trinajstić information content (AvgIpc) is 2.25. The predicted molar refractivity (Wildman–Crippen MR) is 58.6 cm³/mol. The average molecular weight is 188 g/mol. The van der Waals surface area contributed by atoms with Crippen molar-refractivity contribution in [1.29, 1.82) is 0 Å². The first kappa shape index (κ1) is 10.9. The van der Waals surface area contributed by atoms with Crippen molar-refractivity contribution in [2.45, 2.75) is 37.7 Å². The number of ether oxygens (including phenoxy) is 1. The van der Waals surface area contributed by atoms with E-state index in [1.165, 1.54) is 19.3 Å². The van der Waals surface area contributed by atoms with Crippen molar-refractivity contribution in [3.8, 4) is 24.2 Å². The Morgan fingerprint density at radius 1 is 1.36 bits per heavy atom. The Hall–Kier alpha value is -1.18. The van der Waals surface area contributed by atoms with Gasteiger partial charge < -0.3 is 4.74 Å². The minimum Gasteiger partial charge on any atom is -0.350 e. The van der Waals surface area contributed by atoms with Gasteiger partial charge in [-0.1, -0.05) is 30.8 Å². The molecule has 14 heavy (non-hydrogen) atoms. The van der Waals surface area contributed by atoms with E-state index in [1.54, 1.807) is 6.08 Å². The van der Waals surface area contributed by atoms with Crippen molar-refractivity contribution < 1.29 is 4.74 Å². The van der Waals surface area contributed by atoms with Crippen molar-refractivity contribution >= 4 is 0 Å². The second-order valence-corrected chi connectivity index (χ2v) is 3.52. The van der Waals surface area contributed by atoms with E-state index in [0.717, 1.165) is 12.8 Å². The van der Waals surface area contributed by atoms with Crippen LogP contribution in [0.3, 0.4) is 0 Å². The summed E-state index contributed by atoms with van der Waals surface area (Å²) in [6.07, 6.45) is 12.4. The Labute approximate surface area is 86.5 Å². The molecule has 1 saturated carbocycles. The predicted octanol–water partition coefficient (Wildman–Crippen LogP) is 2.53. The summed E-state index contributed by atoms with van der Waals surface area (Å²) >= 11 is 0. The monoisotopic (exact) mass is 188 g/mol. The van der Waals surface area contributed by atoms with Crippen LogP contribution >= 0.6 is 0 Å². The van der Waals surface area contributed by atoms with Gasteiger partial charge in [0, 0.05) is 0 Å². The summed E-state index contributed by atoms with van der Waals surface area (Å²) < 4.78 is 5.66. The maximum Gasteiger partial charge on any atom is 0.130 e. The van der Waals surface area contributed by atoms with E-state index in [2.05, 4.69) is 24.3 Å². The third-order valence-electron chi connectivity index (χ3n) is 2.50. The summed E-state index contributed by atoms with van der Waals surface area (Å²) in [6.45, 7) is 3.94. The molecule has 74 valence electrons. The smallest absolute Gasteiger partial charge is 0.130 e. The van der Waals surface area contributed by atoms with Crippen molar-refractivity contribution in [2.75, 3.05) is 6.61 Å². The molecular formula is C13H16O. The van der Waals surface area contributed by atoms with Gasteiger partial charge in [-0.2, -0.15) is 0 Å². The second kappa shape index (κ2) is 5.53. The quantitative estimate of drug-likeness (QED) is 0.605. The van der Waals surface area contributed by atoms with Crippen LogP contribution in [0.15, 0.2) is 12.7 Å². The third-order valence-corrected chi connectivity index (χ3v) is 2.50. The molecule has 0 unspecified atom stereocenters. The van der Waals surface area contributed by atoms with Crippen molar-refractivity contribution in [3.63, 3.8) is 0 Å². The Balaban J connectivity index is 2.67. The molecule has 0 bridgehead atoms. The minimum absolute atomic E-state index is 0.293. The molecule has 0 aromatic rings. The molecule has 0 heterocycles. The minimum atomic E-state index is -0.293. The molecule has 0 atom stereocenters. The molecule has 1 aliphatic rings. The SMILES string of the molecule is C#CCOC1(C#CC=C)CCCCC1. The molecule has 0 amide bonds. The van der Waals surface area contributed by atoms with Crippen LogP contribution in [-0.2, 0) is 4.74 Å². The molecule has 0 aliphatic heterocycles. The summed E-state index contributed by atoms with van der Waals surface area (Å²) in [4.78, 5) is 0. The third kappa shape index (κ3) is 2.95. The molecule has 0 radical (unpaired) electrons. The van der Waals surface area contributed by atoms with Crippen molar-refractivity contribution in [3.05, 3.63) is 12.7 Å². The molecule has 1 rings (SSSR count). The van der Waals surface area contributed by atoms with Gasteiger partial charge in [0.1, 0.15) is 12.2 Å². The lowest BCUT2D eigenvalue weighted by molar-refractivity contribution is -0.00802. The van der Waals surface area contributed by atoms with Gasteiger partial charge in [-0.25, -0.2) is 0 Å². The zero-order valence-electron chi connectivity index (χ0n) is 8.51. The molecule has 1 nitrogen and oxygen atoms in total. The molecule has 0 saturated heterocycles. The van der Waals surface area contributed by atoms with Gasteiger partial charge in [-0.15, -0.1) is 6.42 Å². The zero-order chi connectivity index (χ0) is 10.3. The lowest BCUT2D eigenvalue weighted by Gasteiger charge is -2.31. The summed E-state index contributed by atoms with van der Waals surface area (Å²) in [7, 11) is 0. The zero-order valence-corrected chi connectivity index (χ0v) is 8.51. The van der Waals surface area contributed by atoms with Gasteiger partial charge >= 0.3 is 0 Å². The molecule has 0 spiro atoms. The van der Waals surface area contributed by atoms with Crippen LogP contribution < -0.4 is 0 Å². The summed E-state index contributed by atoms with van der Waals surface area (Å²) in [5.41, 5.74) is -0.293. The fraction of sp³-hybridized carbons (Fsp3) is 0.538. The first-order chi connectivity index (χ1) is 6.83. The molecule has 0 aromatic heterocycles. The first-order valence-corrected chi connectivity index (χ1v) is 5.04. The van der Waals surface area contributed by atoms with Crippen molar-refractivity contribution in [2.24, 2.45) is 0 Å². The van der Waals surface area contributed by atoms with Gasteiger partial charge in [0.15, 0.2) is 0 Å². The molecule has 1 fully saturated rings.